The Labute approximate surface area is 114 Å². The van der Waals surface area contributed by atoms with Crippen molar-refractivity contribution in [3.05, 3.63) is 29.8 Å². The highest BCUT2D eigenvalue weighted by atomic mass is 16.3. The van der Waals surface area contributed by atoms with Gasteiger partial charge in [0.1, 0.15) is 0 Å². The molecule has 1 aromatic rings. The van der Waals surface area contributed by atoms with Crippen LogP contribution < -0.4 is 5.32 Å². The van der Waals surface area contributed by atoms with E-state index in [4.69, 9.17) is 6.42 Å². The van der Waals surface area contributed by atoms with E-state index in [1.807, 2.05) is 0 Å². The summed E-state index contributed by atoms with van der Waals surface area (Å²) >= 11 is 0. The van der Waals surface area contributed by atoms with E-state index in [1.54, 1.807) is 50.1 Å². The van der Waals surface area contributed by atoms with E-state index < -0.39 is 5.60 Å². The van der Waals surface area contributed by atoms with Crippen LogP contribution in [-0.4, -0.2) is 41.7 Å². The van der Waals surface area contributed by atoms with E-state index in [2.05, 4.69) is 11.2 Å². The molecule has 0 radical (unpaired) electrons. The highest BCUT2D eigenvalue weighted by Crippen LogP contribution is 2.10. The van der Waals surface area contributed by atoms with Gasteiger partial charge in [-0.25, -0.2) is 0 Å². The zero-order chi connectivity index (χ0) is 14.5. The van der Waals surface area contributed by atoms with Crippen molar-refractivity contribution in [3.63, 3.8) is 0 Å². The van der Waals surface area contributed by atoms with E-state index in [-0.39, 0.29) is 12.5 Å². The van der Waals surface area contributed by atoms with Gasteiger partial charge in [0.25, 0.3) is 0 Å². The topological polar surface area (TPSA) is 52.6 Å². The molecular weight excluding hydrogens is 240 g/mol. The molecule has 102 valence electrons. The predicted molar refractivity (Wildman–Crippen MR) is 76.8 cm³/mol. The summed E-state index contributed by atoms with van der Waals surface area (Å²) in [7, 11) is 1.79. The van der Waals surface area contributed by atoms with Gasteiger partial charge in [0.05, 0.1) is 12.1 Å². The number of benzene rings is 1. The molecule has 4 nitrogen and oxygen atoms in total. The average molecular weight is 260 g/mol. The normalized spacial score (nSPS) is 11.2. The maximum absolute atomic E-state index is 11.8. The average Bonchev–Trinajstić information content (AvgIpc) is 2.26. The first-order chi connectivity index (χ1) is 8.80. The third-order valence-electron chi connectivity index (χ3n) is 2.38. The molecule has 2 N–H and O–H groups in total. The lowest BCUT2D eigenvalue weighted by Crippen LogP contribution is -2.40. The smallest absolute Gasteiger partial charge is 0.238 e. The summed E-state index contributed by atoms with van der Waals surface area (Å²) in [5, 5.41) is 12.4. The lowest BCUT2D eigenvalue weighted by atomic mass is 10.1. The molecule has 0 unspecified atom stereocenters. The molecule has 4 heteroatoms. The summed E-state index contributed by atoms with van der Waals surface area (Å²) in [6, 6.07) is 7.13. The van der Waals surface area contributed by atoms with Crippen LogP contribution in [0.25, 0.3) is 0 Å². The van der Waals surface area contributed by atoms with Crippen molar-refractivity contribution in [2.24, 2.45) is 0 Å². The minimum atomic E-state index is -0.821. The number of nitrogens with zero attached hydrogens (tertiary/aromatic N) is 1. The number of hydrogen-bond donors (Lipinski definition) is 2. The number of likely N-dealkylation sites (N-methyl/N-ethyl adjacent to an activating group) is 1. The number of hydrogen-bond acceptors (Lipinski definition) is 3. The Hall–Kier alpha value is -1.83. The first kappa shape index (κ1) is 15.2. The fourth-order valence-corrected chi connectivity index (χ4v) is 1.85. The lowest BCUT2D eigenvalue weighted by molar-refractivity contribution is -0.117. The van der Waals surface area contributed by atoms with Crippen LogP contribution in [0.15, 0.2) is 24.3 Å². The summed E-state index contributed by atoms with van der Waals surface area (Å²) < 4.78 is 0. The number of anilines is 1. The minimum Gasteiger partial charge on any atom is -0.389 e. The molecule has 0 aliphatic rings. The van der Waals surface area contributed by atoms with Gasteiger partial charge in [-0.3, -0.25) is 9.69 Å². The molecule has 0 aromatic heterocycles. The first-order valence-electron chi connectivity index (χ1n) is 6.07. The Bertz CT molecular complexity index is 484. The summed E-state index contributed by atoms with van der Waals surface area (Å²) in [6.45, 7) is 4.05. The van der Waals surface area contributed by atoms with Crippen molar-refractivity contribution >= 4 is 11.6 Å². The molecule has 19 heavy (non-hydrogen) atoms. The second kappa shape index (κ2) is 6.37. The van der Waals surface area contributed by atoms with Crippen molar-refractivity contribution in [1.82, 2.24) is 4.90 Å². The predicted octanol–water partition coefficient (Wildman–Crippen LogP) is 1.31. The zero-order valence-corrected chi connectivity index (χ0v) is 11.6. The van der Waals surface area contributed by atoms with Gasteiger partial charge < -0.3 is 10.4 Å². The molecule has 1 amide bonds. The molecule has 1 aromatic carbocycles. The van der Waals surface area contributed by atoms with E-state index in [9.17, 15) is 9.90 Å². The molecule has 0 saturated carbocycles. The molecule has 0 aliphatic carbocycles. The van der Waals surface area contributed by atoms with Crippen LogP contribution in [0.4, 0.5) is 5.69 Å². The monoisotopic (exact) mass is 260 g/mol. The van der Waals surface area contributed by atoms with Gasteiger partial charge in [-0.05, 0) is 39.1 Å². The molecule has 0 saturated heterocycles. The summed E-state index contributed by atoms with van der Waals surface area (Å²) in [6.07, 6.45) is 5.30. The van der Waals surface area contributed by atoms with Crippen LogP contribution in [0.3, 0.4) is 0 Å². The number of aliphatic hydroxyl groups is 1. The van der Waals surface area contributed by atoms with E-state index in [0.717, 1.165) is 5.56 Å². The third kappa shape index (κ3) is 6.05. The Morgan fingerprint density at radius 3 is 2.79 bits per heavy atom. The second-order valence-electron chi connectivity index (χ2n) is 5.26. The summed E-state index contributed by atoms with van der Waals surface area (Å²) in [4.78, 5) is 13.6. The highest BCUT2D eigenvalue weighted by molar-refractivity contribution is 5.92. The van der Waals surface area contributed by atoms with Crippen molar-refractivity contribution in [2.45, 2.75) is 19.4 Å². The molecular formula is C15H20N2O2. The van der Waals surface area contributed by atoms with Crippen LogP contribution in [-0.2, 0) is 4.79 Å². The van der Waals surface area contributed by atoms with E-state index in [0.29, 0.717) is 12.2 Å². The minimum absolute atomic E-state index is 0.138. The van der Waals surface area contributed by atoms with Crippen molar-refractivity contribution in [2.75, 3.05) is 25.5 Å². The molecule has 0 bridgehead atoms. The molecule has 0 fully saturated rings. The Kier molecular flexibility index (Phi) is 5.11. The largest absolute Gasteiger partial charge is 0.389 e. The summed E-state index contributed by atoms with van der Waals surface area (Å²) in [5.74, 6) is 2.38. The SMILES string of the molecule is C#Cc1cccc(NC(=O)CN(C)CC(C)(C)O)c1. The molecule has 0 spiro atoms. The summed E-state index contributed by atoms with van der Waals surface area (Å²) in [5.41, 5.74) is 0.582. The van der Waals surface area contributed by atoms with Gasteiger partial charge in [-0.1, -0.05) is 12.0 Å². The quantitative estimate of drug-likeness (QED) is 0.785. The van der Waals surface area contributed by atoms with E-state index >= 15 is 0 Å². The number of nitrogens with one attached hydrogen (secondary N) is 1. The van der Waals surface area contributed by atoms with Gasteiger partial charge >= 0.3 is 0 Å². The maximum atomic E-state index is 11.8. The zero-order valence-electron chi connectivity index (χ0n) is 11.6. The maximum Gasteiger partial charge on any atom is 0.238 e. The Balaban J connectivity index is 2.53. The molecule has 0 heterocycles. The van der Waals surface area contributed by atoms with Gasteiger partial charge in [0.2, 0.25) is 5.91 Å². The van der Waals surface area contributed by atoms with Crippen molar-refractivity contribution in [1.29, 1.82) is 0 Å². The van der Waals surface area contributed by atoms with Gasteiger partial charge in [-0.15, -0.1) is 6.42 Å². The second-order valence-corrected chi connectivity index (χ2v) is 5.26. The highest BCUT2D eigenvalue weighted by Gasteiger charge is 2.17. The first-order valence-corrected chi connectivity index (χ1v) is 6.07. The van der Waals surface area contributed by atoms with Crippen molar-refractivity contribution in [3.8, 4) is 12.3 Å². The van der Waals surface area contributed by atoms with Crippen LogP contribution in [0, 0.1) is 12.3 Å². The van der Waals surface area contributed by atoms with Gasteiger partial charge in [-0.2, -0.15) is 0 Å². The fraction of sp³-hybridized carbons (Fsp3) is 0.400. The molecule has 0 aliphatic heterocycles. The number of amides is 1. The third-order valence-corrected chi connectivity index (χ3v) is 2.38. The standard InChI is InChI=1S/C15H20N2O2/c1-5-12-7-6-8-13(9-12)16-14(18)10-17(4)11-15(2,3)19/h1,6-9,19H,10-11H2,2-4H3,(H,16,18). The van der Waals surface area contributed by atoms with Crippen LogP contribution >= 0.6 is 0 Å². The fourth-order valence-electron chi connectivity index (χ4n) is 1.85. The van der Waals surface area contributed by atoms with Crippen LogP contribution in [0.2, 0.25) is 0 Å². The van der Waals surface area contributed by atoms with Crippen LogP contribution in [0.1, 0.15) is 19.4 Å². The molecule has 1 rings (SSSR count). The number of carbonyl (C=O) groups is 1. The van der Waals surface area contributed by atoms with E-state index in [1.165, 1.54) is 0 Å². The number of rotatable bonds is 5. The Morgan fingerprint density at radius 2 is 2.21 bits per heavy atom. The van der Waals surface area contributed by atoms with Crippen molar-refractivity contribution < 1.29 is 9.90 Å². The number of terminal acetylenes is 1. The number of carbonyl (C=O) groups excluding carboxylic acids is 1. The Morgan fingerprint density at radius 1 is 1.53 bits per heavy atom. The van der Waals surface area contributed by atoms with Crippen LogP contribution in [0.5, 0.6) is 0 Å². The molecule has 0 atom stereocenters. The van der Waals surface area contributed by atoms with Gasteiger partial charge in [0.15, 0.2) is 0 Å². The lowest BCUT2D eigenvalue weighted by Gasteiger charge is -2.24. The van der Waals surface area contributed by atoms with Gasteiger partial charge in [0, 0.05) is 17.8 Å².